The zero-order valence-electron chi connectivity index (χ0n) is 11.0. The van der Waals surface area contributed by atoms with E-state index in [9.17, 15) is 9.90 Å². The number of aliphatic hydroxyl groups is 1. The zero-order chi connectivity index (χ0) is 14.5. The van der Waals surface area contributed by atoms with E-state index in [2.05, 4.69) is 10.2 Å². The highest BCUT2D eigenvalue weighted by atomic mass is 32.2. The standard InChI is InChI=1S/C13H15N3O3S/c1-2-9-5-3-4-6-10(9)16-11(7-17)14-15-13(16)20-8-12(18)19/h3-6,17H,2,7-8H2,1H3,(H,18,19). The first-order valence-corrected chi connectivity index (χ1v) is 7.14. The lowest BCUT2D eigenvalue weighted by atomic mass is 10.1. The molecule has 0 saturated heterocycles. The van der Waals surface area contributed by atoms with Crippen molar-refractivity contribution in [3.63, 3.8) is 0 Å². The highest BCUT2D eigenvalue weighted by Crippen LogP contribution is 2.24. The Kier molecular flexibility index (Phi) is 4.75. The Morgan fingerprint density at radius 2 is 2.10 bits per heavy atom. The minimum absolute atomic E-state index is 0.0994. The van der Waals surface area contributed by atoms with Crippen LogP contribution in [-0.4, -0.2) is 36.7 Å². The molecule has 0 amide bonds. The van der Waals surface area contributed by atoms with Crippen molar-refractivity contribution in [3.05, 3.63) is 35.7 Å². The molecule has 0 saturated carbocycles. The first kappa shape index (κ1) is 14.5. The van der Waals surface area contributed by atoms with E-state index in [4.69, 9.17) is 5.11 Å². The van der Waals surface area contributed by atoms with Crippen LogP contribution in [0.15, 0.2) is 29.4 Å². The van der Waals surface area contributed by atoms with Crippen molar-refractivity contribution in [2.75, 3.05) is 5.75 Å². The number of aliphatic hydroxyl groups excluding tert-OH is 1. The number of rotatable bonds is 6. The number of carboxylic acid groups (broad SMARTS) is 1. The summed E-state index contributed by atoms with van der Waals surface area (Å²) in [6, 6.07) is 7.73. The van der Waals surface area contributed by atoms with Gasteiger partial charge in [-0.15, -0.1) is 10.2 Å². The lowest BCUT2D eigenvalue weighted by Crippen LogP contribution is -2.07. The minimum atomic E-state index is -0.918. The maximum Gasteiger partial charge on any atom is 0.313 e. The SMILES string of the molecule is CCc1ccccc1-n1c(CO)nnc1SCC(=O)O. The Morgan fingerprint density at radius 3 is 2.75 bits per heavy atom. The molecule has 1 heterocycles. The van der Waals surface area contributed by atoms with Gasteiger partial charge >= 0.3 is 5.97 Å². The van der Waals surface area contributed by atoms with E-state index < -0.39 is 5.97 Å². The molecule has 0 spiro atoms. The number of aliphatic carboxylic acids is 1. The number of carboxylic acids is 1. The number of hydrogen-bond acceptors (Lipinski definition) is 5. The van der Waals surface area contributed by atoms with Crippen LogP contribution in [0.3, 0.4) is 0 Å². The highest BCUT2D eigenvalue weighted by Gasteiger charge is 2.16. The number of carbonyl (C=O) groups is 1. The third-order valence-electron chi connectivity index (χ3n) is 2.78. The first-order chi connectivity index (χ1) is 9.67. The van der Waals surface area contributed by atoms with Gasteiger partial charge in [0.15, 0.2) is 11.0 Å². The fourth-order valence-corrected chi connectivity index (χ4v) is 2.58. The topological polar surface area (TPSA) is 88.2 Å². The van der Waals surface area contributed by atoms with Gasteiger partial charge in [0.2, 0.25) is 0 Å². The molecule has 1 aromatic carbocycles. The van der Waals surface area contributed by atoms with Crippen LogP contribution in [0.25, 0.3) is 5.69 Å². The molecule has 1 aromatic heterocycles. The van der Waals surface area contributed by atoms with Gasteiger partial charge in [-0.1, -0.05) is 36.9 Å². The first-order valence-electron chi connectivity index (χ1n) is 6.15. The lowest BCUT2D eigenvalue weighted by molar-refractivity contribution is -0.133. The van der Waals surface area contributed by atoms with Gasteiger partial charge in [0, 0.05) is 0 Å². The number of para-hydroxylation sites is 1. The summed E-state index contributed by atoms with van der Waals surface area (Å²) in [6.45, 7) is 1.78. The van der Waals surface area contributed by atoms with Crippen LogP contribution in [0.5, 0.6) is 0 Å². The number of nitrogens with zero attached hydrogens (tertiary/aromatic N) is 3. The molecule has 20 heavy (non-hydrogen) atoms. The number of benzene rings is 1. The van der Waals surface area contributed by atoms with Crippen molar-refractivity contribution in [3.8, 4) is 5.69 Å². The Hall–Kier alpha value is -1.86. The van der Waals surface area contributed by atoms with Gasteiger partial charge in [-0.3, -0.25) is 9.36 Å². The monoisotopic (exact) mass is 293 g/mol. The van der Waals surface area contributed by atoms with Crippen LogP contribution in [-0.2, 0) is 17.8 Å². The zero-order valence-corrected chi connectivity index (χ0v) is 11.8. The van der Waals surface area contributed by atoms with E-state index in [0.717, 1.165) is 29.4 Å². The van der Waals surface area contributed by atoms with Crippen LogP contribution in [0.4, 0.5) is 0 Å². The quantitative estimate of drug-likeness (QED) is 0.785. The van der Waals surface area contributed by atoms with Crippen LogP contribution in [0.2, 0.25) is 0 Å². The van der Waals surface area contributed by atoms with Crippen LogP contribution >= 0.6 is 11.8 Å². The summed E-state index contributed by atoms with van der Waals surface area (Å²) < 4.78 is 1.71. The lowest BCUT2D eigenvalue weighted by Gasteiger charge is -2.12. The largest absolute Gasteiger partial charge is 0.481 e. The van der Waals surface area contributed by atoms with Gasteiger partial charge in [0.05, 0.1) is 11.4 Å². The highest BCUT2D eigenvalue weighted by molar-refractivity contribution is 7.99. The third-order valence-corrected chi connectivity index (χ3v) is 3.69. The molecular formula is C13H15N3O3S. The second kappa shape index (κ2) is 6.53. The van der Waals surface area contributed by atoms with Crippen molar-refractivity contribution in [1.82, 2.24) is 14.8 Å². The summed E-state index contributed by atoms with van der Waals surface area (Å²) in [7, 11) is 0. The normalized spacial score (nSPS) is 10.7. The fourth-order valence-electron chi connectivity index (χ4n) is 1.89. The molecule has 0 atom stereocenters. The number of thioether (sulfide) groups is 1. The van der Waals surface area contributed by atoms with E-state index >= 15 is 0 Å². The maximum atomic E-state index is 10.7. The number of hydrogen-bond donors (Lipinski definition) is 2. The minimum Gasteiger partial charge on any atom is -0.481 e. The van der Waals surface area contributed by atoms with Crippen molar-refractivity contribution < 1.29 is 15.0 Å². The molecule has 0 bridgehead atoms. The predicted octanol–water partition coefficient (Wildman–Crippen LogP) is 1.50. The molecule has 2 N–H and O–H groups in total. The average Bonchev–Trinajstić information content (AvgIpc) is 2.87. The van der Waals surface area contributed by atoms with E-state index in [1.165, 1.54) is 0 Å². The van der Waals surface area contributed by atoms with Crippen molar-refractivity contribution in [2.24, 2.45) is 0 Å². The fraction of sp³-hybridized carbons (Fsp3) is 0.308. The Balaban J connectivity index is 2.47. The predicted molar refractivity (Wildman–Crippen MR) is 75.0 cm³/mol. The van der Waals surface area contributed by atoms with Crippen molar-refractivity contribution in [1.29, 1.82) is 0 Å². The van der Waals surface area contributed by atoms with Gasteiger partial charge in [0.25, 0.3) is 0 Å². The number of aromatic nitrogens is 3. The van der Waals surface area contributed by atoms with Gasteiger partial charge in [-0.25, -0.2) is 0 Å². The molecule has 7 heteroatoms. The van der Waals surface area contributed by atoms with Crippen LogP contribution in [0, 0.1) is 0 Å². The summed E-state index contributed by atoms with van der Waals surface area (Å²) >= 11 is 1.08. The van der Waals surface area contributed by atoms with Crippen molar-refractivity contribution in [2.45, 2.75) is 25.1 Å². The van der Waals surface area contributed by atoms with E-state index in [1.807, 2.05) is 31.2 Å². The van der Waals surface area contributed by atoms with Crippen LogP contribution in [0.1, 0.15) is 18.3 Å². The molecule has 2 rings (SSSR count). The molecule has 0 aliphatic heterocycles. The Morgan fingerprint density at radius 1 is 1.35 bits per heavy atom. The molecule has 0 unspecified atom stereocenters. The summed E-state index contributed by atoms with van der Waals surface area (Å²) in [5.74, 6) is -0.615. The summed E-state index contributed by atoms with van der Waals surface area (Å²) in [5, 5.41) is 26.5. The Bertz CT molecular complexity index is 613. The van der Waals surface area contributed by atoms with Gasteiger partial charge in [0.1, 0.15) is 6.61 Å². The summed E-state index contributed by atoms with van der Waals surface area (Å²) in [6.07, 6.45) is 0.822. The molecular weight excluding hydrogens is 278 g/mol. The maximum absolute atomic E-state index is 10.7. The second-order valence-electron chi connectivity index (χ2n) is 4.06. The molecule has 0 aliphatic carbocycles. The number of aryl methyl sites for hydroxylation is 1. The van der Waals surface area contributed by atoms with E-state index in [-0.39, 0.29) is 12.4 Å². The average molecular weight is 293 g/mol. The van der Waals surface area contributed by atoms with E-state index in [0.29, 0.717) is 11.0 Å². The third kappa shape index (κ3) is 3.00. The van der Waals surface area contributed by atoms with Gasteiger partial charge in [-0.05, 0) is 18.1 Å². The summed E-state index contributed by atoms with van der Waals surface area (Å²) in [5.41, 5.74) is 1.95. The summed E-state index contributed by atoms with van der Waals surface area (Å²) in [4.78, 5) is 10.7. The molecule has 0 aliphatic rings. The smallest absolute Gasteiger partial charge is 0.313 e. The molecule has 2 aromatic rings. The molecule has 0 fully saturated rings. The molecule has 106 valence electrons. The van der Waals surface area contributed by atoms with E-state index in [1.54, 1.807) is 4.57 Å². The van der Waals surface area contributed by atoms with Gasteiger partial charge < -0.3 is 10.2 Å². The molecule has 0 radical (unpaired) electrons. The second-order valence-corrected chi connectivity index (χ2v) is 5.00. The van der Waals surface area contributed by atoms with Crippen LogP contribution < -0.4 is 0 Å². The van der Waals surface area contributed by atoms with Crippen molar-refractivity contribution >= 4 is 17.7 Å². The Labute approximate surface area is 120 Å². The molecule has 6 nitrogen and oxygen atoms in total. The van der Waals surface area contributed by atoms with Gasteiger partial charge in [-0.2, -0.15) is 0 Å².